The molecule has 28 heteroatoms. The van der Waals surface area contributed by atoms with Crippen LogP contribution in [0.5, 0.6) is 23.0 Å². The average molecular weight is 1770 g/mol. The van der Waals surface area contributed by atoms with Crippen molar-refractivity contribution < 1.29 is 36.5 Å². The second-order valence-corrected chi connectivity index (χ2v) is 34.6. The molecule has 672 valence electrons. The number of rotatable bonds is 20. The van der Waals surface area contributed by atoms with Crippen LogP contribution in [0.1, 0.15) is 191 Å². The van der Waals surface area contributed by atoms with Crippen LogP contribution in [0.2, 0.25) is 0 Å². The molecule has 0 aliphatic carbocycles. The molecule has 0 saturated heterocycles. The summed E-state index contributed by atoms with van der Waals surface area (Å²) in [6, 6.07) is 51.0. The van der Waals surface area contributed by atoms with Gasteiger partial charge in [-0.05, 0) is 243 Å². The average Bonchev–Trinajstić information content (AvgIpc) is 1.64. The maximum Gasteiger partial charge on any atom is 0.174 e. The lowest BCUT2D eigenvalue weighted by Gasteiger charge is -2.27. The third-order valence-corrected chi connectivity index (χ3v) is 24.2. The number of aromatic nitrogens is 20. The lowest BCUT2D eigenvalue weighted by atomic mass is 9.86. The zero-order valence-corrected chi connectivity index (χ0v) is 75.8. The van der Waals surface area contributed by atoms with Crippen molar-refractivity contribution in [1.82, 2.24) is 97.3 Å². The third-order valence-electron chi connectivity index (χ3n) is 24.2. The first kappa shape index (κ1) is 89.0. The summed E-state index contributed by atoms with van der Waals surface area (Å²) in [4.78, 5) is 36.4. The summed E-state index contributed by atoms with van der Waals surface area (Å²) in [5, 5.41) is 18.9. The Kier molecular flexibility index (Phi) is 26.7. The number of fused-ring (bicyclic) bond motifs is 4. The first-order valence-corrected chi connectivity index (χ1v) is 44.3. The predicted octanol–water partition coefficient (Wildman–Crippen LogP) is 21.0. The largest absolute Gasteiger partial charge is 0.495 e. The van der Waals surface area contributed by atoms with Gasteiger partial charge in [0.25, 0.3) is 0 Å². The summed E-state index contributed by atoms with van der Waals surface area (Å²) < 4.78 is 91.8. The molecule has 0 saturated carbocycles. The summed E-state index contributed by atoms with van der Waals surface area (Å²) in [6.45, 7) is 20.0. The first-order valence-electron chi connectivity index (χ1n) is 44.3. The number of halogens is 4. The van der Waals surface area contributed by atoms with Crippen LogP contribution in [-0.2, 0) is 26.2 Å². The van der Waals surface area contributed by atoms with E-state index in [0.29, 0.717) is 47.0 Å². The van der Waals surface area contributed by atoms with Gasteiger partial charge in [-0.2, -0.15) is 20.4 Å². The molecule has 1 unspecified atom stereocenters. The van der Waals surface area contributed by atoms with Crippen molar-refractivity contribution in [3.8, 4) is 45.7 Å². The number of methoxy groups -OCH3 is 4. The van der Waals surface area contributed by atoms with Gasteiger partial charge in [0.05, 0.1) is 99.3 Å². The summed E-state index contributed by atoms with van der Waals surface area (Å²) >= 11 is 0. The van der Waals surface area contributed by atoms with E-state index in [1.807, 2.05) is 259 Å². The van der Waals surface area contributed by atoms with Gasteiger partial charge in [0.1, 0.15) is 69.6 Å². The van der Waals surface area contributed by atoms with Gasteiger partial charge >= 0.3 is 0 Å². The molecule has 12 heterocycles. The Morgan fingerprint density at radius 1 is 0.280 bits per heavy atom. The van der Waals surface area contributed by atoms with Crippen molar-refractivity contribution in [3.05, 3.63) is 357 Å². The molecule has 8 aromatic heterocycles. The van der Waals surface area contributed by atoms with Gasteiger partial charge in [0.15, 0.2) is 23.3 Å². The van der Waals surface area contributed by atoms with Crippen molar-refractivity contribution in [2.45, 2.75) is 131 Å². The molecular weight excluding hydrogens is 1670 g/mol. The zero-order valence-electron chi connectivity index (χ0n) is 75.8. The minimum Gasteiger partial charge on any atom is -0.495 e. The second-order valence-electron chi connectivity index (χ2n) is 34.6. The highest BCUT2D eigenvalue weighted by atomic mass is 19.1. The Balaban J connectivity index is 0.000000123. The van der Waals surface area contributed by atoms with Crippen LogP contribution in [0.4, 0.5) is 17.6 Å². The van der Waals surface area contributed by atoms with Gasteiger partial charge in [-0.1, -0.05) is 125 Å². The monoisotopic (exact) mass is 1770 g/mol. The Bertz CT molecular complexity index is 6030. The highest BCUT2D eigenvalue weighted by Gasteiger charge is 2.34. The Hall–Kier alpha value is -15.0. The van der Waals surface area contributed by atoms with Crippen molar-refractivity contribution in [1.29, 1.82) is 0 Å². The van der Waals surface area contributed by atoms with Crippen LogP contribution < -0.4 is 18.9 Å². The van der Waals surface area contributed by atoms with Crippen molar-refractivity contribution in [2.24, 2.45) is 23.7 Å². The van der Waals surface area contributed by atoms with Crippen molar-refractivity contribution in [2.75, 3.05) is 28.4 Å². The fourth-order valence-electron chi connectivity index (χ4n) is 17.7. The molecule has 8 atom stereocenters. The summed E-state index contributed by atoms with van der Waals surface area (Å²) in [7, 11) is 6.66. The van der Waals surface area contributed by atoms with Gasteiger partial charge in [-0.25, -0.2) is 76.2 Å². The lowest BCUT2D eigenvalue weighted by Crippen LogP contribution is -2.24. The van der Waals surface area contributed by atoms with E-state index in [1.165, 1.54) is 48.5 Å². The fourth-order valence-corrected chi connectivity index (χ4v) is 17.7. The Labute approximate surface area is 764 Å². The van der Waals surface area contributed by atoms with Gasteiger partial charge in [0, 0.05) is 74.6 Å². The molecule has 0 fully saturated rings. The number of imidazole rings is 4. The van der Waals surface area contributed by atoms with Crippen LogP contribution >= 0.6 is 0 Å². The van der Waals surface area contributed by atoms with Gasteiger partial charge in [-0.3, -0.25) is 0 Å². The van der Waals surface area contributed by atoms with E-state index >= 15 is 0 Å². The summed E-state index contributed by atoms with van der Waals surface area (Å²) in [5.74, 6) is 10.9. The van der Waals surface area contributed by atoms with Crippen LogP contribution in [0.25, 0.3) is 71.4 Å². The number of aryl methyl sites for hydroxylation is 4. The van der Waals surface area contributed by atoms with E-state index < -0.39 is 0 Å². The molecule has 4 aliphatic heterocycles. The molecular formula is C104H104F4N20O4. The number of hydrogen-bond donors (Lipinski definition) is 0. The third kappa shape index (κ3) is 20.7. The SMILES string of the molecule is COc1cc(/C=C/c2nc3n(n2)C[C@@H](C)CC3c2ccc(F)cc2)ccc1-n1cnc(C)c1.COc1cc(/C=C/c2nc3n(n2)C[C@@H](C)C[C@@H]3c2ccc(F)cc2)ccc1-n1cnc(C)c1.COc1cc(/C=C/c2nc3n(n2)C[C@H](C)C[C@@H]3c2ccc(F)cc2)ccc1-n1cnc(C)c1.COc1cc(/C=C/c2nc3n(n2)C[C@H](C)C[C@H]3c2ccc(F)cc2)ccc1-n1cnc(C)c1. The summed E-state index contributed by atoms with van der Waals surface area (Å²) in [5.41, 5.74) is 15.8. The smallest absolute Gasteiger partial charge is 0.174 e. The molecule has 132 heavy (non-hydrogen) atoms. The molecule has 0 bridgehead atoms. The maximum absolute atomic E-state index is 13.4. The van der Waals surface area contributed by atoms with E-state index in [9.17, 15) is 17.6 Å². The highest BCUT2D eigenvalue weighted by molar-refractivity contribution is 5.73. The molecule has 0 amide bonds. The number of benzene rings is 8. The number of ether oxygens (including phenoxy) is 4. The normalized spacial score (nSPS) is 17.9. The first-order chi connectivity index (χ1) is 64.0. The van der Waals surface area contributed by atoms with Crippen LogP contribution in [0.15, 0.2) is 220 Å². The van der Waals surface area contributed by atoms with Gasteiger partial charge in [0.2, 0.25) is 0 Å². The van der Waals surface area contributed by atoms with E-state index in [1.54, 1.807) is 53.7 Å². The molecule has 24 nitrogen and oxygen atoms in total. The number of hydrogen-bond acceptors (Lipinski definition) is 16. The summed E-state index contributed by atoms with van der Waals surface area (Å²) in [6.07, 6.45) is 34.5. The minimum absolute atomic E-state index is 0.113. The zero-order chi connectivity index (χ0) is 91.8. The Morgan fingerprint density at radius 2 is 0.485 bits per heavy atom. The van der Waals surface area contributed by atoms with Crippen molar-refractivity contribution in [3.63, 3.8) is 0 Å². The van der Waals surface area contributed by atoms with Crippen LogP contribution in [0.3, 0.4) is 0 Å². The standard InChI is InChI=1S/4C26H26FN5O/c4*1-17-12-22(20-6-8-21(27)9-7-20)26-29-25(30-32(26)14-17)11-5-19-4-10-23(24(13-19)33-3)31-15-18(2)28-16-31/h4*4-11,13,15-17,22H,12,14H2,1-3H3/b4*11-5+/t17-,22?;2*17-,22+;17-,22-/m0101/s1. The number of nitrogens with zero attached hydrogens (tertiary/aromatic N) is 20. The Morgan fingerprint density at radius 3 is 0.667 bits per heavy atom. The maximum atomic E-state index is 13.4. The van der Waals surface area contributed by atoms with Crippen molar-refractivity contribution >= 4 is 48.6 Å². The topological polar surface area (TPSA) is 231 Å². The van der Waals surface area contributed by atoms with E-state index in [-0.39, 0.29) is 46.9 Å². The van der Waals surface area contributed by atoms with E-state index in [2.05, 4.69) is 47.6 Å². The lowest BCUT2D eigenvalue weighted by molar-refractivity contribution is 0.342. The van der Waals surface area contributed by atoms with E-state index in [4.69, 9.17) is 59.3 Å². The second kappa shape index (κ2) is 39.6. The fraction of sp³-hybridized carbons (Fsp3) is 0.269. The van der Waals surface area contributed by atoms with Gasteiger partial charge < -0.3 is 37.2 Å². The molecule has 0 N–H and O–H groups in total. The minimum atomic E-state index is -0.225. The molecule has 0 radical (unpaired) electrons. The molecule has 20 rings (SSSR count). The van der Waals surface area contributed by atoms with Crippen LogP contribution in [-0.4, -0.2) is 126 Å². The predicted molar refractivity (Wildman–Crippen MR) is 503 cm³/mol. The van der Waals surface area contributed by atoms with Crippen LogP contribution in [0, 0.1) is 74.6 Å². The molecule has 4 aliphatic rings. The van der Waals surface area contributed by atoms with E-state index in [0.717, 1.165) is 188 Å². The highest BCUT2D eigenvalue weighted by Crippen LogP contribution is 2.41. The molecule has 0 spiro atoms. The molecule has 8 aromatic carbocycles. The van der Waals surface area contributed by atoms with Gasteiger partial charge in [-0.15, -0.1) is 0 Å². The quantitative estimate of drug-likeness (QED) is 0.0646. The molecule has 16 aromatic rings.